The molecule has 0 aromatic rings. The van der Waals surface area contributed by atoms with Gasteiger partial charge in [0.25, 0.3) is 0 Å². The number of rotatable bonds is 4. The number of nitrogens with two attached hydrogens (primary N) is 1. The molecule has 2 aliphatic rings. The molecule has 1 unspecified atom stereocenters. The molecule has 0 spiro atoms. The molecular weight excluding hydrogens is 212 g/mol. The van der Waals surface area contributed by atoms with Crippen LogP contribution in [-0.2, 0) is 4.79 Å². The van der Waals surface area contributed by atoms with E-state index < -0.39 is 0 Å². The Balaban J connectivity index is 1.84. The van der Waals surface area contributed by atoms with Gasteiger partial charge in [0.1, 0.15) is 0 Å². The molecule has 0 aliphatic heterocycles. The van der Waals surface area contributed by atoms with Crippen LogP contribution in [0.2, 0.25) is 0 Å². The number of nitrogens with one attached hydrogen (secondary N) is 1. The van der Waals surface area contributed by atoms with Crippen molar-refractivity contribution >= 4 is 5.91 Å². The zero-order valence-corrected chi connectivity index (χ0v) is 11.0. The van der Waals surface area contributed by atoms with Gasteiger partial charge in [-0.05, 0) is 38.5 Å². The Morgan fingerprint density at radius 1 is 1.29 bits per heavy atom. The topological polar surface area (TPSA) is 55.1 Å². The number of amides is 1. The van der Waals surface area contributed by atoms with Crippen LogP contribution in [0.5, 0.6) is 0 Å². The molecule has 1 atom stereocenters. The van der Waals surface area contributed by atoms with E-state index in [2.05, 4.69) is 12.2 Å². The average Bonchev–Trinajstić information content (AvgIpc) is 2.29. The van der Waals surface area contributed by atoms with Crippen LogP contribution in [0.15, 0.2) is 0 Å². The van der Waals surface area contributed by atoms with E-state index in [4.69, 9.17) is 5.73 Å². The lowest BCUT2D eigenvalue weighted by atomic mass is 9.68. The highest BCUT2D eigenvalue weighted by molar-refractivity contribution is 5.84. The molecule has 0 aromatic heterocycles. The van der Waals surface area contributed by atoms with Crippen molar-refractivity contribution in [1.82, 2.24) is 5.32 Å². The lowest BCUT2D eigenvalue weighted by Gasteiger charge is -2.41. The molecule has 0 heterocycles. The van der Waals surface area contributed by atoms with Crippen LogP contribution in [0.25, 0.3) is 0 Å². The van der Waals surface area contributed by atoms with Gasteiger partial charge in [-0.1, -0.05) is 25.7 Å². The Hall–Kier alpha value is -0.570. The highest BCUT2D eigenvalue weighted by Crippen LogP contribution is 2.40. The molecule has 0 aromatic carbocycles. The van der Waals surface area contributed by atoms with Gasteiger partial charge in [0, 0.05) is 12.6 Å². The molecule has 2 aliphatic carbocycles. The summed E-state index contributed by atoms with van der Waals surface area (Å²) in [6.45, 7) is 2.67. The van der Waals surface area contributed by atoms with Gasteiger partial charge in [0.05, 0.1) is 5.41 Å². The summed E-state index contributed by atoms with van der Waals surface area (Å²) in [5, 5.41) is 3.22. The number of carbonyl (C=O) groups excluding carboxylic acids is 1. The number of hydrogen-bond acceptors (Lipinski definition) is 2. The third kappa shape index (κ3) is 2.65. The predicted molar refractivity (Wildman–Crippen MR) is 69.5 cm³/mol. The van der Waals surface area contributed by atoms with Crippen molar-refractivity contribution in [3.8, 4) is 0 Å². The fraction of sp³-hybridized carbons (Fsp3) is 0.929. The molecular formula is C14H26N2O. The standard InChI is InChI=1S/C14H26N2O/c1-11(12-6-3-2-4-7-12)16-13(17)14(10-15)8-5-9-14/h11-12H,2-10,15H2,1H3,(H,16,17). The predicted octanol–water partition coefficient (Wildman–Crippen LogP) is 2.20. The molecule has 3 nitrogen and oxygen atoms in total. The van der Waals surface area contributed by atoms with Gasteiger partial charge in [0.15, 0.2) is 0 Å². The summed E-state index contributed by atoms with van der Waals surface area (Å²) in [4.78, 5) is 12.2. The summed E-state index contributed by atoms with van der Waals surface area (Å²) in [7, 11) is 0. The summed E-state index contributed by atoms with van der Waals surface area (Å²) < 4.78 is 0. The van der Waals surface area contributed by atoms with Crippen molar-refractivity contribution in [1.29, 1.82) is 0 Å². The second-order valence-electron chi connectivity index (χ2n) is 6.00. The first-order valence-electron chi connectivity index (χ1n) is 7.19. The summed E-state index contributed by atoms with van der Waals surface area (Å²) in [6, 6.07) is 0.326. The molecule has 1 amide bonds. The fourth-order valence-corrected chi connectivity index (χ4v) is 3.24. The lowest BCUT2D eigenvalue weighted by Crippen LogP contribution is -2.53. The van der Waals surface area contributed by atoms with Crippen molar-refractivity contribution in [2.24, 2.45) is 17.1 Å². The molecule has 2 rings (SSSR count). The van der Waals surface area contributed by atoms with Crippen molar-refractivity contribution < 1.29 is 4.79 Å². The van der Waals surface area contributed by atoms with Crippen molar-refractivity contribution in [3.63, 3.8) is 0 Å². The second-order valence-corrected chi connectivity index (χ2v) is 6.00. The molecule has 0 bridgehead atoms. The van der Waals surface area contributed by atoms with Gasteiger partial charge in [-0.25, -0.2) is 0 Å². The van der Waals surface area contributed by atoms with Crippen LogP contribution in [0.3, 0.4) is 0 Å². The van der Waals surface area contributed by atoms with Crippen LogP contribution < -0.4 is 11.1 Å². The summed E-state index contributed by atoms with van der Waals surface area (Å²) in [5.41, 5.74) is 5.54. The normalized spacial score (nSPS) is 26.0. The third-order valence-corrected chi connectivity index (χ3v) is 4.90. The Bertz CT molecular complexity index is 262. The maximum absolute atomic E-state index is 12.2. The first-order valence-corrected chi connectivity index (χ1v) is 7.19. The van der Waals surface area contributed by atoms with Gasteiger partial charge in [0.2, 0.25) is 5.91 Å². The van der Waals surface area contributed by atoms with E-state index in [1.807, 2.05) is 0 Å². The quantitative estimate of drug-likeness (QED) is 0.789. The number of carbonyl (C=O) groups is 1. The summed E-state index contributed by atoms with van der Waals surface area (Å²) in [5.74, 6) is 0.895. The van der Waals surface area contributed by atoms with Gasteiger partial charge < -0.3 is 11.1 Å². The summed E-state index contributed by atoms with van der Waals surface area (Å²) >= 11 is 0. The molecule has 0 saturated heterocycles. The molecule has 2 fully saturated rings. The van der Waals surface area contributed by atoms with Crippen LogP contribution in [0.4, 0.5) is 0 Å². The zero-order chi connectivity index (χ0) is 12.3. The minimum Gasteiger partial charge on any atom is -0.353 e. The maximum atomic E-state index is 12.2. The Morgan fingerprint density at radius 2 is 1.94 bits per heavy atom. The first-order chi connectivity index (χ1) is 8.18. The van der Waals surface area contributed by atoms with E-state index in [-0.39, 0.29) is 11.3 Å². The lowest BCUT2D eigenvalue weighted by molar-refractivity contribution is -0.136. The SMILES string of the molecule is CC(NC(=O)C1(CN)CCC1)C1CCCCC1. The highest BCUT2D eigenvalue weighted by Gasteiger charge is 2.43. The van der Waals surface area contributed by atoms with E-state index in [0.717, 1.165) is 19.3 Å². The second kappa shape index (κ2) is 5.38. The Labute approximate surface area is 105 Å². The smallest absolute Gasteiger partial charge is 0.227 e. The largest absolute Gasteiger partial charge is 0.353 e. The molecule has 17 heavy (non-hydrogen) atoms. The molecule has 98 valence electrons. The van der Waals surface area contributed by atoms with E-state index in [1.165, 1.54) is 32.1 Å². The first kappa shape index (κ1) is 12.9. The Kier molecular flexibility index (Phi) is 4.08. The van der Waals surface area contributed by atoms with Crippen molar-refractivity contribution in [2.45, 2.75) is 64.3 Å². The zero-order valence-electron chi connectivity index (χ0n) is 11.0. The summed E-state index contributed by atoms with van der Waals surface area (Å²) in [6.07, 6.45) is 9.68. The third-order valence-electron chi connectivity index (χ3n) is 4.90. The van der Waals surface area contributed by atoms with Crippen molar-refractivity contribution in [3.05, 3.63) is 0 Å². The van der Waals surface area contributed by atoms with E-state index in [9.17, 15) is 4.79 Å². The Morgan fingerprint density at radius 3 is 2.41 bits per heavy atom. The van der Waals surface area contributed by atoms with E-state index in [1.54, 1.807) is 0 Å². The fourth-order valence-electron chi connectivity index (χ4n) is 3.24. The van der Waals surface area contributed by atoms with Gasteiger partial charge in [-0.2, -0.15) is 0 Å². The van der Waals surface area contributed by atoms with Crippen LogP contribution in [0, 0.1) is 11.3 Å². The van der Waals surface area contributed by atoms with Crippen molar-refractivity contribution in [2.75, 3.05) is 6.54 Å². The van der Waals surface area contributed by atoms with Crippen LogP contribution in [0.1, 0.15) is 58.3 Å². The van der Waals surface area contributed by atoms with Crippen LogP contribution in [-0.4, -0.2) is 18.5 Å². The molecule has 3 N–H and O–H groups in total. The average molecular weight is 238 g/mol. The number of hydrogen-bond donors (Lipinski definition) is 2. The molecule has 0 radical (unpaired) electrons. The van der Waals surface area contributed by atoms with E-state index >= 15 is 0 Å². The minimum atomic E-state index is -0.219. The molecule has 3 heteroatoms. The monoisotopic (exact) mass is 238 g/mol. The van der Waals surface area contributed by atoms with Gasteiger partial charge >= 0.3 is 0 Å². The minimum absolute atomic E-state index is 0.212. The molecule has 2 saturated carbocycles. The van der Waals surface area contributed by atoms with E-state index in [0.29, 0.717) is 18.5 Å². The van der Waals surface area contributed by atoms with Crippen LogP contribution >= 0.6 is 0 Å². The highest BCUT2D eigenvalue weighted by atomic mass is 16.2. The maximum Gasteiger partial charge on any atom is 0.227 e. The van der Waals surface area contributed by atoms with Gasteiger partial charge in [-0.3, -0.25) is 4.79 Å². The van der Waals surface area contributed by atoms with Gasteiger partial charge in [-0.15, -0.1) is 0 Å².